The summed E-state index contributed by atoms with van der Waals surface area (Å²) < 4.78 is 25.6. The van der Waals surface area contributed by atoms with Gasteiger partial charge in [-0.15, -0.1) is 11.3 Å². The van der Waals surface area contributed by atoms with Crippen LogP contribution >= 0.6 is 11.3 Å². The molecular formula is C17H16N2O3S2. The average Bonchev–Trinajstić information content (AvgIpc) is 3.00. The van der Waals surface area contributed by atoms with Crippen LogP contribution < -0.4 is 5.32 Å². The Kier molecular flexibility index (Phi) is 4.64. The first kappa shape index (κ1) is 16.6. The highest BCUT2D eigenvalue weighted by Crippen LogP contribution is 2.25. The van der Waals surface area contributed by atoms with E-state index in [1.54, 1.807) is 12.1 Å². The first-order chi connectivity index (χ1) is 11.5. The fraction of sp³-hybridized carbons (Fsp3) is 0.176. The summed E-state index contributed by atoms with van der Waals surface area (Å²) >= 11 is 1.08. The number of carbonyl (C=O) groups excluding carboxylic acids is 1. The third kappa shape index (κ3) is 3.63. The number of hydrogen-bond donors (Lipinski definition) is 1. The number of aromatic nitrogens is 1. The largest absolute Gasteiger partial charge is 0.349 e. The Hall–Kier alpha value is -2.25. The van der Waals surface area contributed by atoms with E-state index in [1.807, 2.05) is 49.4 Å². The maximum atomic E-state index is 12.4. The molecule has 0 spiro atoms. The molecule has 1 unspecified atom stereocenters. The molecule has 0 saturated heterocycles. The van der Waals surface area contributed by atoms with Crippen molar-refractivity contribution in [2.75, 3.05) is 5.75 Å². The van der Waals surface area contributed by atoms with E-state index in [0.717, 1.165) is 21.6 Å². The fourth-order valence-corrected chi connectivity index (χ4v) is 4.77. The summed E-state index contributed by atoms with van der Waals surface area (Å²) in [5.41, 5.74) is 1.54. The number of nitrogens with one attached hydrogen (secondary N) is 1. The monoisotopic (exact) mass is 360 g/mol. The van der Waals surface area contributed by atoms with Gasteiger partial charge in [0.1, 0.15) is 5.75 Å². The Bertz CT molecular complexity index is 933. The normalized spacial score (nSPS) is 12.9. The number of fused-ring (bicyclic) bond motifs is 1. The fourth-order valence-electron chi connectivity index (χ4n) is 2.33. The first-order valence-electron chi connectivity index (χ1n) is 7.38. The molecule has 7 heteroatoms. The van der Waals surface area contributed by atoms with E-state index < -0.39 is 21.5 Å². The molecule has 0 aliphatic heterocycles. The molecule has 1 N–H and O–H groups in total. The van der Waals surface area contributed by atoms with Crippen LogP contribution in [0, 0.1) is 0 Å². The zero-order chi connectivity index (χ0) is 17.2. The predicted octanol–water partition coefficient (Wildman–Crippen LogP) is 2.95. The van der Waals surface area contributed by atoms with Gasteiger partial charge in [0.05, 0.1) is 16.3 Å². The van der Waals surface area contributed by atoms with Crippen LogP contribution in [-0.4, -0.2) is 25.1 Å². The number of benzene rings is 2. The number of carbonyl (C=O) groups is 1. The molecule has 2 aromatic carbocycles. The van der Waals surface area contributed by atoms with Gasteiger partial charge >= 0.3 is 0 Å². The standard InChI is InChI=1S/C17H16N2O3S2/c1-12(13-7-3-2-4-8-13)18-16(20)11-24(21,22)17-19-14-9-5-6-10-15(14)23-17/h2-10,12H,11H2,1H3,(H,18,20). The zero-order valence-electron chi connectivity index (χ0n) is 13.0. The van der Waals surface area contributed by atoms with Gasteiger partial charge in [0.25, 0.3) is 0 Å². The average molecular weight is 360 g/mol. The van der Waals surface area contributed by atoms with Crippen LogP contribution in [0.1, 0.15) is 18.5 Å². The van der Waals surface area contributed by atoms with E-state index in [2.05, 4.69) is 10.3 Å². The molecule has 0 fully saturated rings. The van der Waals surface area contributed by atoms with Crippen LogP contribution in [0.4, 0.5) is 0 Å². The Morgan fingerprint density at radius 3 is 2.50 bits per heavy atom. The lowest BCUT2D eigenvalue weighted by atomic mass is 10.1. The van der Waals surface area contributed by atoms with E-state index in [1.165, 1.54) is 0 Å². The second-order valence-electron chi connectivity index (χ2n) is 5.41. The lowest BCUT2D eigenvalue weighted by molar-refractivity contribution is -0.119. The molecule has 24 heavy (non-hydrogen) atoms. The van der Waals surface area contributed by atoms with Crippen molar-refractivity contribution < 1.29 is 13.2 Å². The molecule has 1 aromatic heterocycles. The third-order valence-corrected chi connectivity index (χ3v) is 6.65. The van der Waals surface area contributed by atoms with Crippen molar-refractivity contribution in [1.82, 2.24) is 10.3 Å². The number of sulfone groups is 1. The minimum atomic E-state index is -3.75. The molecule has 0 aliphatic carbocycles. The summed E-state index contributed by atoms with van der Waals surface area (Å²) in [6, 6.07) is 16.3. The van der Waals surface area contributed by atoms with Crippen LogP contribution in [0.2, 0.25) is 0 Å². The van der Waals surface area contributed by atoms with Gasteiger partial charge in [-0.05, 0) is 24.6 Å². The summed E-state index contributed by atoms with van der Waals surface area (Å²) in [6.45, 7) is 1.82. The van der Waals surface area contributed by atoms with Crippen molar-refractivity contribution in [3.63, 3.8) is 0 Å². The SMILES string of the molecule is CC(NC(=O)CS(=O)(=O)c1nc2ccccc2s1)c1ccccc1. The van der Waals surface area contributed by atoms with Crippen molar-refractivity contribution in [2.24, 2.45) is 0 Å². The van der Waals surface area contributed by atoms with Gasteiger partial charge in [0, 0.05) is 0 Å². The van der Waals surface area contributed by atoms with Gasteiger partial charge in [0.2, 0.25) is 20.1 Å². The topological polar surface area (TPSA) is 76.1 Å². The highest BCUT2D eigenvalue weighted by Gasteiger charge is 2.24. The second-order valence-corrected chi connectivity index (χ2v) is 8.60. The van der Waals surface area contributed by atoms with Crippen LogP contribution in [0.15, 0.2) is 58.9 Å². The molecule has 5 nitrogen and oxygen atoms in total. The highest BCUT2D eigenvalue weighted by molar-refractivity contribution is 7.94. The summed E-state index contributed by atoms with van der Waals surface area (Å²) in [7, 11) is -3.75. The molecule has 3 aromatic rings. The highest BCUT2D eigenvalue weighted by atomic mass is 32.2. The summed E-state index contributed by atoms with van der Waals surface area (Å²) in [4.78, 5) is 16.2. The van der Waals surface area contributed by atoms with E-state index in [0.29, 0.717) is 5.52 Å². The lowest BCUT2D eigenvalue weighted by Gasteiger charge is -2.13. The summed E-state index contributed by atoms with van der Waals surface area (Å²) in [6.07, 6.45) is 0. The minimum absolute atomic E-state index is 0.0220. The number of para-hydroxylation sites is 1. The lowest BCUT2D eigenvalue weighted by Crippen LogP contribution is -2.32. The first-order valence-corrected chi connectivity index (χ1v) is 9.85. The Labute approximate surface area is 144 Å². The minimum Gasteiger partial charge on any atom is -0.349 e. The van der Waals surface area contributed by atoms with E-state index in [-0.39, 0.29) is 10.4 Å². The number of thiazole rings is 1. The van der Waals surface area contributed by atoms with Crippen molar-refractivity contribution in [1.29, 1.82) is 0 Å². The smallest absolute Gasteiger partial charge is 0.236 e. The van der Waals surface area contributed by atoms with Crippen LogP contribution in [-0.2, 0) is 14.6 Å². The van der Waals surface area contributed by atoms with Crippen molar-refractivity contribution in [2.45, 2.75) is 17.3 Å². The van der Waals surface area contributed by atoms with Crippen LogP contribution in [0.5, 0.6) is 0 Å². The van der Waals surface area contributed by atoms with Crippen molar-refractivity contribution >= 4 is 37.3 Å². The van der Waals surface area contributed by atoms with Crippen molar-refractivity contribution in [3.05, 3.63) is 60.2 Å². The summed E-state index contributed by atoms with van der Waals surface area (Å²) in [5, 5.41) is 2.71. The van der Waals surface area contributed by atoms with Crippen molar-refractivity contribution in [3.8, 4) is 0 Å². The molecule has 0 saturated carbocycles. The van der Waals surface area contributed by atoms with E-state index in [4.69, 9.17) is 0 Å². The molecule has 1 amide bonds. The van der Waals surface area contributed by atoms with Gasteiger partial charge in [-0.25, -0.2) is 13.4 Å². The van der Waals surface area contributed by atoms with Crippen LogP contribution in [0.3, 0.4) is 0 Å². The maximum Gasteiger partial charge on any atom is 0.236 e. The molecule has 1 heterocycles. The van der Waals surface area contributed by atoms with E-state index >= 15 is 0 Å². The molecule has 124 valence electrons. The Morgan fingerprint density at radius 2 is 1.79 bits per heavy atom. The number of hydrogen-bond acceptors (Lipinski definition) is 5. The maximum absolute atomic E-state index is 12.4. The molecule has 0 aliphatic rings. The molecule has 1 atom stereocenters. The number of amides is 1. The number of rotatable bonds is 5. The van der Waals surface area contributed by atoms with Gasteiger partial charge in [-0.3, -0.25) is 4.79 Å². The third-order valence-electron chi connectivity index (χ3n) is 3.54. The predicted molar refractivity (Wildman–Crippen MR) is 94.7 cm³/mol. The summed E-state index contributed by atoms with van der Waals surface area (Å²) in [5.74, 6) is -1.14. The Balaban J connectivity index is 1.73. The quantitative estimate of drug-likeness (QED) is 0.759. The molecule has 0 radical (unpaired) electrons. The number of nitrogens with zero attached hydrogens (tertiary/aromatic N) is 1. The van der Waals surface area contributed by atoms with E-state index in [9.17, 15) is 13.2 Å². The van der Waals surface area contributed by atoms with Gasteiger partial charge in [0.15, 0.2) is 0 Å². The zero-order valence-corrected chi connectivity index (χ0v) is 14.6. The van der Waals surface area contributed by atoms with Crippen LogP contribution in [0.25, 0.3) is 10.2 Å². The second kappa shape index (κ2) is 6.70. The van der Waals surface area contributed by atoms with Gasteiger partial charge in [-0.2, -0.15) is 0 Å². The molecular weight excluding hydrogens is 344 g/mol. The van der Waals surface area contributed by atoms with Gasteiger partial charge < -0.3 is 5.32 Å². The molecule has 0 bridgehead atoms. The van der Waals surface area contributed by atoms with Gasteiger partial charge in [-0.1, -0.05) is 42.5 Å². The molecule has 3 rings (SSSR count). The Morgan fingerprint density at radius 1 is 1.12 bits per heavy atom.